The number of nitrogens with one attached hydrogen (secondary N) is 2. The molecule has 6 nitrogen and oxygen atoms in total. The maximum absolute atomic E-state index is 10.3. The van der Waals surface area contributed by atoms with Gasteiger partial charge in [-0.2, -0.15) is 0 Å². The highest BCUT2D eigenvalue weighted by Gasteiger charge is 2.15. The van der Waals surface area contributed by atoms with Crippen LogP contribution in [0.15, 0.2) is 23.2 Å². The second-order valence-electron chi connectivity index (χ2n) is 4.50. The van der Waals surface area contributed by atoms with Gasteiger partial charge in [0, 0.05) is 25.7 Å². The molecule has 1 aromatic carbocycles. The molecule has 0 bridgehead atoms. The maximum atomic E-state index is 10.3. The second kappa shape index (κ2) is 11.4. The van der Waals surface area contributed by atoms with E-state index in [0.29, 0.717) is 29.6 Å². The van der Waals surface area contributed by atoms with Crippen molar-refractivity contribution >= 4 is 29.9 Å². The van der Waals surface area contributed by atoms with Crippen LogP contribution in [0.4, 0.5) is 0 Å². The Kier molecular flexibility index (Phi) is 10.7. The molecule has 0 spiro atoms. The number of hydrogen-bond acceptors (Lipinski definition) is 4. The first-order chi connectivity index (χ1) is 10.2. The molecule has 0 heterocycles. The molecule has 0 aliphatic heterocycles. The van der Waals surface area contributed by atoms with Gasteiger partial charge in [0.1, 0.15) is 11.5 Å². The summed E-state index contributed by atoms with van der Waals surface area (Å²) in [6, 6.07) is 5.35. The Morgan fingerprint density at radius 1 is 1.27 bits per heavy atom. The van der Waals surface area contributed by atoms with Crippen LogP contribution in [0.25, 0.3) is 0 Å². The summed E-state index contributed by atoms with van der Waals surface area (Å²) in [6.45, 7) is 3.24. The van der Waals surface area contributed by atoms with Crippen molar-refractivity contribution in [2.24, 2.45) is 4.99 Å². The van der Waals surface area contributed by atoms with Gasteiger partial charge < -0.3 is 25.2 Å². The summed E-state index contributed by atoms with van der Waals surface area (Å²) in [7, 11) is 4.86. The molecule has 1 aromatic rings. The number of methoxy groups -OCH3 is 2. The third kappa shape index (κ3) is 6.27. The average Bonchev–Trinajstić information content (AvgIpc) is 2.54. The highest BCUT2D eigenvalue weighted by atomic mass is 127. The number of aliphatic hydroxyl groups is 1. The van der Waals surface area contributed by atoms with Crippen molar-refractivity contribution in [2.45, 2.75) is 19.4 Å². The van der Waals surface area contributed by atoms with Crippen molar-refractivity contribution in [3.05, 3.63) is 23.8 Å². The van der Waals surface area contributed by atoms with Gasteiger partial charge in [0.25, 0.3) is 0 Å². The molecule has 0 saturated heterocycles. The van der Waals surface area contributed by atoms with Crippen LogP contribution in [0.1, 0.15) is 25.0 Å². The summed E-state index contributed by atoms with van der Waals surface area (Å²) in [5.74, 6) is 1.97. The van der Waals surface area contributed by atoms with E-state index >= 15 is 0 Å². The Bertz CT molecular complexity index is 469. The molecule has 1 unspecified atom stereocenters. The standard InChI is InChI=1S/C15H25N3O3.HI/c1-5-8-17-15(16-2)18-10-13(19)12-9-11(20-3)6-7-14(12)21-4;/h6-7,9,13,19H,5,8,10H2,1-4H3,(H2,16,17,18);1H. The van der Waals surface area contributed by atoms with E-state index in [4.69, 9.17) is 9.47 Å². The summed E-state index contributed by atoms with van der Waals surface area (Å²) >= 11 is 0. The van der Waals surface area contributed by atoms with Gasteiger partial charge >= 0.3 is 0 Å². The normalized spacial score (nSPS) is 12.1. The molecule has 126 valence electrons. The van der Waals surface area contributed by atoms with E-state index in [2.05, 4.69) is 22.5 Å². The zero-order valence-electron chi connectivity index (χ0n) is 13.5. The number of aliphatic imine (C=N–C) groups is 1. The van der Waals surface area contributed by atoms with Crippen LogP contribution in [-0.2, 0) is 0 Å². The van der Waals surface area contributed by atoms with Crippen LogP contribution in [0.5, 0.6) is 11.5 Å². The van der Waals surface area contributed by atoms with Gasteiger partial charge in [-0.1, -0.05) is 6.92 Å². The fourth-order valence-electron chi connectivity index (χ4n) is 1.87. The molecule has 1 atom stereocenters. The summed E-state index contributed by atoms with van der Waals surface area (Å²) in [4.78, 5) is 4.09. The van der Waals surface area contributed by atoms with Crippen molar-refractivity contribution in [1.29, 1.82) is 0 Å². The fraction of sp³-hybridized carbons (Fsp3) is 0.533. The van der Waals surface area contributed by atoms with Crippen LogP contribution in [0.2, 0.25) is 0 Å². The quantitative estimate of drug-likeness (QED) is 0.355. The predicted molar refractivity (Wildman–Crippen MR) is 99.6 cm³/mol. The minimum atomic E-state index is -0.727. The first-order valence-corrected chi connectivity index (χ1v) is 7.00. The summed E-state index contributed by atoms with van der Waals surface area (Å²) < 4.78 is 10.5. The Hall–Kier alpha value is -1.22. The third-order valence-electron chi connectivity index (χ3n) is 3.02. The molecule has 0 aliphatic carbocycles. The molecule has 0 amide bonds. The highest BCUT2D eigenvalue weighted by molar-refractivity contribution is 14.0. The first kappa shape index (κ1) is 20.8. The molecule has 0 aliphatic rings. The van der Waals surface area contributed by atoms with Crippen LogP contribution in [0.3, 0.4) is 0 Å². The number of nitrogens with zero attached hydrogens (tertiary/aromatic N) is 1. The van der Waals surface area contributed by atoms with E-state index in [0.717, 1.165) is 13.0 Å². The van der Waals surface area contributed by atoms with Crippen LogP contribution in [0, 0.1) is 0 Å². The van der Waals surface area contributed by atoms with E-state index in [1.165, 1.54) is 0 Å². The Labute approximate surface area is 149 Å². The lowest BCUT2D eigenvalue weighted by molar-refractivity contribution is 0.176. The Morgan fingerprint density at radius 2 is 2.00 bits per heavy atom. The molecular formula is C15H26IN3O3. The molecule has 3 N–H and O–H groups in total. The number of aliphatic hydroxyl groups excluding tert-OH is 1. The van der Waals surface area contributed by atoms with Gasteiger partial charge in [-0.3, -0.25) is 4.99 Å². The number of ether oxygens (including phenoxy) is 2. The number of hydrogen-bond donors (Lipinski definition) is 3. The Balaban J connectivity index is 0.00000441. The molecule has 0 radical (unpaired) electrons. The molecule has 0 saturated carbocycles. The lowest BCUT2D eigenvalue weighted by atomic mass is 10.1. The summed E-state index contributed by atoms with van der Waals surface area (Å²) in [5.41, 5.74) is 0.676. The van der Waals surface area contributed by atoms with Gasteiger partial charge in [0.05, 0.1) is 20.3 Å². The first-order valence-electron chi connectivity index (χ1n) is 7.00. The van der Waals surface area contributed by atoms with Gasteiger partial charge in [-0.15, -0.1) is 24.0 Å². The lowest BCUT2D eigenvalue weighted by Gasteiger charge is -2.18. The molecule has 22 heavy (non-hydrogen) atoms. The van der Waals surface area contributed by atoms with Gasteiger partial charge in [0.15, 0.2) is 5.96 Å². The Morgan fingerprint density at radius 3 is 2.55 bits per heavy atom. The number of benzene rings is 1. The summed E-state index contributed by atoms with van der Waals surface area (Å²) in [5, 5.41) is 16.6. The maximum Gasteiger partial charge on any atom is 0.191 e. The minimum Gasteiger partial charge on any atom is -0.497 e. The number of rotatable bonds is 7. The predicted octanol–water partition coefficient (Wildman–Crippen LogP) is 1.93. The van der Waals surface area contributed by atoms with Gasteiger partial charge in [0.2, 0.25) is 0 Å². The fourth-order valence-corrected chi connectivity index (χ4v) is 1.87. The van der Waals surface area contributed by atoms with E-state index in [1.807, 2.05) is 0 Å². The molecule has 0 aromatic heterocycles. The van der Waals surface area contributed by atoms with E-state index in [-0.39, 0.29) is 24.0 Å². The van der Waals surface area contributed by atoms with Crippen molar-refractivity contribution in [2.75, 3.05) is 34.4 Å². The molecule has 1 rings (SSSR count). The second-order valence-corrected chi connectivity index (χ2v) is 4.50. The van der Waals surface area contributed by atoms with Crippen molar-refractivity contribution in [3.8, 4) is 11.5 Å². The summed E-state index contributed by atoms with van der Waals surface area (Å²) in [6.07, 6.45) is 0.280. The van der Waals surface area contributed by atoms with E-state index < -0.39 is 6.10 Å². The zero-order chi connectivity index (χ0) is 15.7. The number of halogens is 1. The average molecular weight is 423 g/mol. The van der Waals surface area contributed by atoms with E-state index in [1.54, 1.807) is 39.5 Å². The van der Waals surface area contributed by atoms with Crippen molar-refractivity contribution in [1.82, 2.24) is 10.6 Å². The molecular weight excluding hydrogens is 397 g/mol. The van der Waals surface area contributed by atoms with Crippen LogP contribution in [-0.4, -0.2) is 45.4 Å². The highest BCUT2D eigenvalue weighted by Crippen LogP contribution is 2.28. The third-order valence-corrected chi connectivity index (χ3v) is 3.02. The van der Waals surface area contributed by atoms with Crippen LogP contribution < -0.4 is 20.1 Å². The number of guanidine groups is 1. The minimum absolute atomic E-state index is 0. The molecule has 7 heteroatoms. The topological polar surface area (TPSA) is 75.1 Å². The van der Waals surface area contributed by atoms with Crippen molar-refractivity contribution in [3.63, 3.8) is 0 Å². The smallest absolute Gasteiger partial charge is 0.191 e. The van der Waals surface area contributed by atoms with Gasteiger partial charge in [-0.05, 0) is 24.6 Å². The van der Waals surface area contributed by atoms with Crippen LogP contribution >= 0.6 is 24.0 Å². The zero-order valence-corrected chi connectivity index (χ0v) is 15.9. The monoisotopic (exact) mass is 423 g/mol. The largest absolute Gasteiger partial charge is 0.497 e. The van der Waals surface area contributed by atoms with Crippen molar-refractivity contribution < 1.29 is 14.6 Å². The lowest BCUT2D eigenvalue weighted by Crippen LogP contribution is -2.39. The molecule has 0 fully saturated rings. The SMILES string of the molecule is CCCNC(=NC)NCC(O)c1cc(OC)ccc1OC.I. The van der Waals surface area contributed by atoms with Gasteiger partial charge in [-0.25, -0.2) is 0 Å². The van der Waals surface area contributed by atoms with E-state index in [9.17, 15) is 5.11 Å².